The van der Waals surface area contributed by atoms with Gasteiger partial charge in [-0.2, -0.15) is 0 Å². The first-order valence-electron chi connectivity index (χ1n) is 4.82. The number of hydrogen-bond donors (Lipinski definition) is 1. The SMILES string of the molecule is CC/C(C)=C/OC(=O)C1CN=CNC1. The fourth-order valence-electron chi connectivity index (χ4n) is 1.00. The number of esters is 1. The second kappa shape index (κ2) is 5.42. The number of aliphatic imine (C=N–C) groups is 1. The third-order valence-electron chi connectivity index (χ3n) is 2.14. The van der Waals surface area contributed by atoms with Crippen LogP contribution in [0.1, 0.15) is 20.3 Å². The number of ether oxygens (including phenoxy) is 1. The Hall–Kier alpha value is -1.32. The monoisotopic (exact) mass is 196 g/mol. The Morgan fingerprint density at radius 2 is 2.57 bits per heavy atom. The van der Waals surface area contributed by atoms with Crippen molar-refractivity contribution in [1.29, 1.82) is 0 Å². The lowest BCUT2D eigenvalue weighted by atomic mass is 10.1. The number of rotatable bonds is 3. The van der Waals surface area contributed by atoms with Crippen LogP contribution in [0.5, 0.6) is 0 Å². The molecule has 1 heterocycles. The fourth-order valence-corrected chi connectivity index (χ4v) is 1.00. The van der Waals surface area contributed by atoms with Gasteiger partial charge in [0.1, 0.15) is 0 Å². The van der Waals surface area contributed by atoms with E-state index in [-0.39, 0.29) is 11.9 Å². The average Bonchev–Trinajstić information content (AvgIpc) is 2.26. The predicted molar refractivity (Wildman–Crippen MR) is 55.0 cm³/mol. The number of carbonyl (C=O) groups is 1. The van der Waals surface area contributed by atoms with E-state index in [4.69, 9.17) is 4.74 Å². The van der Waals surface area contributed by atoms with Crippen molar-refractivity contribution in [3.63, 3.8) is 0 Å². The smallest absolute Gasteiger partial charge is 0.317 e. The maximum absolute atomic E-state index is 11.4. The van der Waals surface area contributed by atoms with Crippen LogP contribution >= 0.6 is 0 Å². The van der Waals surface area contributed by atoms with E-state index in [0.29, 0.717) is 13.1 Å². The Morgan fingerprint density at radius 3 is 3.14 bits per heavy atom. The largest absolute Gasteiger partial charge is 0.434 e. The third kappa shape index (κ3) is 3.20. The lowest BCUT2D eigenvalue weighted by molar-refractivity contribution is -0.142. The van der Waals surface area contributed by atoms with Gasteiger partial charge in [-0.1, -0.05) is 6.92 Å². The maximum atomic E-state index is 11.4. The van der Waals surface area contributed by atoms with Gasteiger partial charge >= 0.3 is 5.97 Å². The molecule has 1 unspecified atom stereocenters. The topological polar surface area (TPSA) is 50.7 Å². The van der Waals surface area contributed by atoms with Gasteiger partial charge in [0.15, 0.2) is 0 Å². The van der Waals surface area contributed by atoms with Crippen LogP contribution in [0.4, 0.5) is 0 Å². The summed E-state index contributed by atoms with van der Waals surface area (Å²) in [6.45, 7) is 5.09. The first kappa shape index (κ1) is 10.8. The molecule has 0 bridgehead atoms. The molecule has 1 atom stereocenters. The molecular formula is C10H16N2O2. The molecule has 0 amide bonds. The van der Waals surface area contributed by atoms with E-state index in [2.05, 4.69) is 10.3 Å². The lowest BCUT2D eigenvalue weighted by Crippen LogP contribution is -2.34. The molecule has 0 fully saturated rings. The summed E-state index contributed by atoms with van der Waals surface area (Å²) in [5.41, 5.74) is 1.06. The van der Waals surface area contributed by atoms with Crippen LogP contribution in [0.3, 0.4) is 0 Å². The van der Waals surface area contributed by atoms with E-state index in [9.17, 15) is 4.79 Å². The van der Waals surface area contributed by atoms with Gasteiger partial charge < -0.3 is 10.1 Å². The zero-order chi connectivity index (χ0) is 10.4. The van der Waals surface area contributed by atoms with Gasteiger partial charge in [-0.25, -0.2) is 0 Å². The molecule has 1 rings (SSSR count). The van der Waals surface area contributed by atoms with E-state index in [1.165, 1.54) is 6.26 Å². The summed E-state index contributed by atoms with van der Waals surface area (Å²) in [6.07, 6.45) is 4.05. The van der Waals surface area contributed by atoms with Gasteiger partial charge in [-0.05, 0) is 18.9 Å². The number of nitrogens with zero attached hydrogens (tertiary/aromatic N) is 1. The summed E-state index contributed by atoms with van der Waals surface area (Å²) >= 11 is 0. The molecule has 0 saturated heterocycles. The Morgan fingerprint density at radius 1 is 1.79 bits per heavy atom. The van der Waals surface area contributed by atoms with Crippen molar-refractivity contribution >= 4 is 12.3 Å². The first-order chi connectivity index (χ1) is 6.74. The van der Waals surface area contributed by atoms with E-state index >= 15 is 0 Å². The van der Waals surface area contributed by atoms with Gasteiger partial charge in [0, 0.05) is 6.54 Å². The van der Waals surface area contributed by atoms with Crippen molar-refractivity contribution in [3.05, 3.63) is 11.8 Å². The molecule has 4 heteroatoms. The number of carbonyl (C=O) groups excluding carboxylic acids is 1. The summed E-state index contributed by atoms with van der Waals surface area (Å²) in [6, 6.07) is 0. The molecule has 1 aliphatic rings. The normalized spacial score (nSPS) is 21.6. The van der Waals surface area contributed by atoms with Crippen LogP contribution in [0.2, 0.25) is 0 Å². The molecule has 0 aliphatic carbocycles. The van der Waals surface area contributed by atoms with Gasteiger partial charge in [0.05, 0.1) is 25.1 Å². The number of hydrogen-bond acceptors (Lipinski definition) is 4. The minimum Gasteiger partial charge on any atom is -0.434 e. The third-order valence-corrected chi connectivity index (χ3v) is 2.14. The molecule has 78 valence electrons. The Kier molecular flexibility index (Phi) is 4.16. The van der Waals surface area contributed by atoms with E-state index in [0.717, 1.165) is 12.0 Å². The summed E-state index contributed by atoms with van der Waals surface area (Å²) in [5, 5.41) is 2.90. The molecule has 1 aliphatic heterocycles. The van der Waals surface area contributed by atoms with Crippen LogP contribution in [-0.4, -0.2) is 25.4 Å². The van der Waals surface area contributed by atoms with Crippen molar-refractivity contribution in [3.8, 4) is 0 Å². The van der Waals surface area contributed by atoms with Crippen molar-refractivity contribution in [2.45, 2.75) is 20.3 Å². The van der Waals surface area contributed by atoms with Gasteiger partial charge in [-0.15, -0.1) is 0 Å². The summed E-state index contributed by atoms with van der Waals surface area (Å²) in [7, 11) is 0. The lowest BCUT2D eigenvalue weighted by Gasteiger charge is -2.15. The van der Waals surface area contributed by atoms with E-state index in [1.54, 1.807) is 6.34 Å². The average molecular weight is 196 g/mol. The molecule has 4 nitrogen and oxygen atoms in total. The summed E-state index contributed by atoms with van der Waals surface area (Å²) in [5.74, 6) is -0.358. The van der Waals surface area contributed by atoms with Crippen LogP contribution in [0, 0.1) is 5.92 Å². The second-order valence-electron chi connectivity index (χ2n) is 3.35. The maximum Gasteiger partial charge on any atom is 0.317 e. The minimum atomic E-state index is -0.206. The number of allylic oxidation sites excluding steroid dienone is 1. The van der Waals surface area contributed by atoms with E-state index < -0.39 is 0 Å². The van der Waals surface area contributed by atoms with Gasteiger partial charge in [0.2, 0.25) is 0 Å². The zero-order valence-electron chi connectivity index (χ0n) is 8.62. The molecule has 0 aromatic rings. The highest BCUT2D eigenvalue weighted by Gasteiger charge is 2.20. The van der Waals surface area contributed by atoms with Crippen molar-refractivity contribution in [2.75, 3.05) is 13.1 Å². The van der Waals surface area contributed by atoms with Crippen LogP contribution in [-0.2, 0) is 9.53 Å². The first-order valence-corrected chi connectivity index (χ1v) is 4.82. The quantitative estimate of drug-likeness (QED) is 0.543. The summed E-state index contributed by atoms with van der Waals surface area (Å²) in [4.78, 5) is 15.4. The summed E-state index contributed by atoms with van der Waals surface area (Å²) < 4.78 is 5.02. The van der Waals surface area contributed by atoms with Gasteiger partial charge in [0.25, 0.3) is 0 Å². The highest BCUT2D eigenvalue weighted by Crippen LogP contribution is 2.05. The molecule has 1 N–H and O–H groups in total. The van der Waals surface area contributed by atoms with Crippen molar-refractivity contribution < 1.29 is 9.53 Å². The highest BCUT2D eigenvalue weighted by molar-refractivity contribution is 5.75. The van der Waals surface area contributed by atoms with Crippen LogP contribution in [0.15, 0.2) is 16.8 Å². The van der Waals surface area contributed by atoms with Gasteiger partial charge in [-0.3, -0.25) is 9.79 Å². The standard InChI is InChI=1S/C10H16N2O2/c1-3-8(2)6-14-10(13)9-4-11-7-12-5-9/h6-7,9H,3-5H2,1-2H3,(H,11,12)/b8-6+. The van der Waals surface area contributed by atoms with E-state index in [1.807, 2.05) is 13.8 Å². The van der Waals surface area contributed by atoms with Crippen molar-refractivity contribution in [1.82, 2.24) is 5.32 Å². The van der Waals surface area contributed by atoms with Crippen molar-refractivity contribution in [2.24, 2.45) is 10.9 Å². The Bertz CT molecular complexity index is 259. The molecule has 14 heavy (non-hydrogen) atoms. The molecule has 0 aromatic carbocycles. The van der Waals surface area contributed by atoms with Crippen LogP contribution in [0.25, 0.3) is 0 Å². The minimum absolute atomic E-state index is 0.152. The molecule has 0 aromatic heterocycles. The molecular weight excluding hydrogens is 180 g/mol. The van der Waals surface area contributed by atoms with Crippen LogP contribution < -0.4 is 5.32 Å². The number of nitrogens with one attached hydrogen (secondary N) is 1. The molecule has 0 radical (unpaired) electrons. The zero-order valence-corrected chi connectivity index (χ0v) is 8.62. The molecule has 0 saturated carbocycles. The second-order valence-corrected chi connectivity index (χ2v) is 3.35. The molecule has 0 spiro atoms. The highest BCUT2D eigenvalue weighted by atomic mass is 16.5. The Labute approximate surface area is 84.0 Å². The fraction of sp³-hybridized carbons (Fsp3) is 0.600. The Balaban J connectivity index is 2.38. The predicted octanol–water partition coefficient (Wildman–Crippen LogP) is 1.09.